The number of nitrogens with one attached hydrogen (secondary N) is 1. The average Bonchev–Trinajstić information content (AvgIpc) is 2.52. The predicted molar refractivity (Wildman–Crippen MR) is 87.6 cm³/mol. The molecule has 2 atom stereocenters. The molecule has 116 valence electrons. The number of hydrogen-bond acceptors (Lipinski definition) is 3. The van der Waals surface area contributed by atoms with Crippen LogP contribution in [0.2, 0.25) is 0 Å². The number of carbonyl (C=O) groups excluding carboxylic acids is 1. The number of rotatable bonds is 9. The Balaban J connectivity index is 2.67. The predicted octanol–water partition coefficient (Wildman–Crippen LogP) is 3.91. The number of methoxy groups -OCH3 is 1. The van der Waals surface area contributed by atoms with Gasteiger partial charge in [0.05, 0.1) is 13.2 Å². The molecule has 1 N–H and O–H groups in total. The van der Waals surface area contributed by atoms with E-state index >= 15 is 0 Å². The molecule has 1 rings (SSSR count). The molecule has 2 unspecified atom stereocenters. The summed E-state index contributed by atoms with van der Waals surface area (Å²) >= 11 is 0. The molecule has 0 aliphatic carbocycles. The Bertz CT molecular complexity index is 451. The van der Waals surface area contributed by atoms with Crippen molar-refractivity contribution in [2.75, 3.05) is 14.2 Å². The first-order valence-electron chi connectivity index (χ1n) is 7.63. The lowest BCUT2D eigenvalue weighted by molar-refractivity contribution is -0.121. The van der Waals surface area contributed by atoms with E-state index in [2.05, 4.69) is 24.4 Å². The molecule has 0 fully saturated rings. The first kappa shape index (κ1) is 17.4. The second-order valence-corrected chi connectivity index (χ2v) is 5.19. The van der Waals surface area contributed by atoms with Crippen LogP contribution in [0.4, 0.5) is 0 Å². The highest BCUT2D eigenvalue weighted by molar-refractivity contribution is 5.85. The number of likely N-dealkylation sites (N-methyl/N-ethyl adjacent to an activating group) is 1. The quantitative estimate of drug-likeness (QED) is 0.701. The summed E-state index contributed by atoms with van der Waals surface area (Å²) in [6.07, 6.45) is 6.84. The zero-order valence-corrected chi connectivity index (χ0v) is 13.6. The van der Waals surface area contributed by atoms with Gasteiger partial charge in [-0.3, -0.25) is 4.79 Å². The highest BCUT2D eigenvalue weighted by atomic mass is 16.5. The van der Waals surface area contributed by atoms with Crippen LogP contribution in [-0.4, -0.2) is 19.9 Å². The largest absolute Gasteiger partial charge is 0.497 e. The number of carbonyl (C=O) groups is 1. The molecule has 0 heterocycles. The SMILES string of the molecule is C/C=C\C(CC)CCC(=O)C(NC)c1ccc(OC)cc1. The minimum atomic E-state index is -0.237. The normalized spacial score (nSPS) is 14.1. The van der Waals surface area contributed by atoms with Crippen LogP contribution in [0.3, 0.4) is 0 Å². The van der Waals surface area contributed by atoms with Crippen LogP contribution in [0, 0.1) is 5.92 Å². The van der Waals surface area contributed by atoms with Crippen LogP contribution in [0.25, 0.3) is 0 Å². The van der Waals surface area contributed by atoms with Crippen molar-refractivity contribution in [3.05, 3.63) is 42.0 Å². The van der Waals surface area contributed by atoms with E-state index in [9.17, 15) is 4.79 Å². The second kappa shape index (κ2) is 9.35. The van der Waals surface area contributed by atoms with E-state index in [0.29, 0.717) is 12.3 Å². The van der Waals surface area contributed by atoms with Crippen LogP contribution < -0.4 is 10.1 Å². The lowest BCUT2D eigenvalue weighted by atomic mass is 9.94. The van der Waals surface area contributed by atoms with Crippen molar-refractivity contribution in [3.63, 3.8) is 0 Å². The van der Waals surface area contributed by atoms with Gasteiger partial charge in [0, 0.05) is 6.42 Å². The van der Waals surface area contributed by atoms with Crippen LogP contribution in [0.15, 0.2) is 36.4 Å². The van der Waals surface area contributed by atoms with Gasteiger partial charge in [-0.05, 0) is 50.4 Å². The lowest BCUT2D eigenvalue weighted by Crippen LogP contribution is -2.25. The van der Waals surface area contributed by atoms with E-state index in [1.165, 1.54) is 0 Å². The number of ketones is 1. The van der Waals surface area contributed by atoms with Gasteiger partial charge in [0.1, 0.15) is 5.75 Å². The van der Waals surface area contributed by atoms with E-state index in [-0.39, 0.29) is 11.8 Å². The molecular formula is C18H27NO2. The number of ether oxygens (including phenoxy) is 1. The Morgan fingerprint density at radius 1 is 1.33 bits per heavy atom. The summed E-state index contributed by atoms with van der Waals surface area (Å²) in [6.45, 7) is 4.19. The van der Waals surface area contributed by atoms with Crippen molar-refractivity contribution in [2.24, 2.45) is 5.92 Å². The van der Waals surface area contributed by atoms with Crippen molar-refractivity contribution in [2.45, 2.75) is 39.2 Å². The van der Waals surface area contributed by atoms with Gasteiger partial charge in [-0.1, -0.05) is 31.2 Å². The summed E-state index contributed by atoms with van der Waals surface area (Å²) in [4.78, 5) is 12.4. The maximum atomic E-state index is 12.4. The molecule has 0 aromatic heterocycles. The summed E-state index contributed by atoms with van der Waals surface area (Å²) in [5.74, 6) is 1.54. The fourth-order valence-electron chi connectivity index (χ4n) is 2.49. The summed E-state index contributed by atoms with van der Waals surface area (Å²) in [6, 6.07) is 7.44. The average molecular weight is 289 g/mol. The van der Waals surface area contributed by atoms with Crippen LogP contribution in [0.5, 0.6) is 5.75 Å². The van der Waals surface area contributed by atoms with E-state index in [4.69, 9.17) is 4.74 Å². The topological polar surface area (TPSA) is 38.3 Å². The Morgan fingerprint density at radius 3 is 2.48 bits per heavy atom. The summed E-state index contributed by atoms with van der Waals surface area (Å²) in [5.41, 5.74) is 0.988. The van der Waals surface area contributed by atoms with Crippen molar-refractivity contribution >= 4 is 5.78 Å². The summed E-state index contributed by atoms with van der Waals surface area (Å²) in [5, 5.41) is 3.12. The van der Waals surface area contributed by atoms with Gasteiger partial charge in [0.15, 0.2) is 5.78 Å². The molecule has 3 heteroatoms. The van der Waals surface area contributed by atoms with E-state index < -0.39 is 0 Å². The Hall–Kier alpha value is -1.61. The Morgan fingerprint density at radius 2 is 2.00 bits per heavy atom. The Labute approximate surface area is 128 Å². The highest BCUT2D eigenvalue weighted by Crippen LogP contribution is 2.21. The van der Waals surface area contributed by atoms with Crippen LogP contribution >= 0.6 is 0 Å². The number of Topliss-reactive ketones (excluding diaryl/α,β-unsaturated/α-hetero) is 1. The molecule has 0 bridgehead atoms. The van der Waals surface area contributed by atoms with Crippen LogP contribution in [0.1, 0.15) is 44.7 Å². The van der Waals surface area contributed by atoms with E-state index in [0.717, 1.165) is 24.2 Å². The Kier molecular flexibility index (Phi) is 7.76. The number of hydrogen-bond donors (Lipinski definition) is 1. The first-order valence-corrected chi connectivity index (χ1v) is 7.63. The standard InChI is InChI=1S/C18H27NO2/c1-5-7-14(6-2)8-13-17(20)18(19-3)15-9-11-16(21-4)12-10-15/h5,7,9-12,14,18-19H,6,8,13H2,1-4H3/b7-5-. The van der Waals surface area contributed by atoms with Crippen molar-refractivity contribution in [3.8, 4) is 5.75 Å². The van der Waals surface area contributed by atoms with Gasteiger partial charge in [-0.2, -0.15) is 0 Å². The van der Waals surface area contributed by atoms with E-state index in [1.807, 2.05) is 38.2 Å². The molecule has 0 aliphatic heterocycles. The molecule has 0 saturated carbocycles. The van der Waals surface area contributed by atoms with Gasteiger partial charge in [-0.25, -0.2) is 0 Å². The third-order valence-corrected chi connectivity index (χ3v) is 3.81. The van der Waals surface area contributed by atoms with Gasteiger partial charge in [-0.15, -0.1) is 0 Å². The van der Waals surface area contributed by atoms with Crippen molar-refractivity contribution in [1.29, 1.82) is 0 Å². The molecule has 0 aliphatic rings. The van der Waals surface area contributed by atoms with Crippen molar-refractivity contribution < 1.29 is 9.53 Å². The maximum Gasteiger partial charge on any atom is 0.154 e. The van der Waals surface area contributed by atoms with Gasteiger partial charge in [0.2, 0.25) is 0 Å². The summed E-state index contributed by atoms with van der Waals surface area (Å²) in [7, 11) is 3.47. The fourth-order valence-corrected chi connectivity index (χ4v) is 2.49. The zero-order valence-electron chi connectivity index (χ0n) is 13.6. The van der Waals surface area contributed by atoms with E-state index in [1.54, 1.807) is 7.11 Å². The second-order valence-electron chi connectivity index (χ2n) is 5.19. The molecule has 0 radical (unpaired) electrons. The fraction of sp³-hybridized carbons (Fsp3) is 0.500. The third kappa shape index (κ3) is 5.35. The summed E-state index contributed by atoms with van der Waals surface area (Å²) < 4.78 is 5.15. The molecular weight excluding hydrogens is 262 g/mol. The minimum absolute atomic E-state index is 0.237. The lowest BCUT2D eigenvalue weighted by Gasteiger charge is -2.17. The monoisotopic (exact) mass is 289 g/mol. The molecule has 21 heavy (non-hydrogen) atoms. The number of allylic oxidation sites excluding steroid dienone is 2. The molecule has 0 saturated heterocycles. The molecule has 0 amide bonds. The zero-order chi connectivity index (χ0) is 15.7. The van der Waals surface area contributed by atoms with Gasteiger partial charge >= 0.3 is 0 Å². The van der Waals surface area contributed by atoms with Gasteiger partial charge in [0.25, 0.3) is 0 Å². The van der Waals surface area contributed by atoms with Gasteiger partial charge < -0.3 is 10.1 Å². The highest BCUT2D eigenvalue weighted by Gasteiger charge is 2.19. The smallest absolute Gasteiger partial charge is 0.154 e. The maximum absolute atomic E-state index is 12.4. The third-order valence-electron chi connectivity index (χ3n) is 3.81. The number of benzene rings is 1. The first-order chi connectivity index (χ1) is 10.2. The minimum Gasteiger partial charge on any atom is -0.497 e. The van der Waals surface area contributed by atoms with Crippen molar-refractivity contribution in [1.82, 2.24) is 5.32 Å². The molecule has 3 nitrogen and oxygen atoms in total. The van der Waals surface area contributed by atoms with Crippen LogP contribution in [-0.2, 0) is 4.79 Å². The molecule has 1 aromatic carbocycles. The molecule has 0 spiro atoms. The molecule has 1 aromatic rings.